The van der Waals surface area contributed by atoms with Gasteiger partial charge in [-0.2, -0.15) is 0 Å². The fourth-order valence-electron chi connectivity index (χ4n) is 3.34. The fourth-order valence-corrected chi connectivity index (χ4v) is 3.34. The second-order valence-corrected chi connectivity index (χ2v) is 5.47. The predicted octanol–water partition coefficient (Wildman–Crippen LogP) is -0.973. The molecule has 0 bridgehead atoms. The van der Waals surface area contributed by atoms with Crippen LogP contribution in [0.1, 0.15) is 13.8 Å². The first-order valence-electron chi connectivity index (χ1n) is 7.30. The van der Waals surface area contributed by atoms with Crippen LogP contribution in [0.15, 0.2) is 0 Å². The van der Waals surface area contributed by atoms with E-state index in [1.165, 1.54) is 0 Å². The molecule has 2 N–H and O–H groups in total. The van der Waals surface area contributed by atoms with Crippen molar-refractivity contribution in [1.29, 1.82) is 0 Å². The SMILES string of the molecule is CCN1C(C=O)C(N)C(N2CCN(C)CC2)N1CC. The van der Waals surface area contributed by atoms with Crippen molar-refractivity contribution in [3.63, 3.8) is 0 Å². The third kappa shape index (κ3) is 2.68. The van der Waals surface area contributed by atoms with Crippen molar-refractivity contribution in [2.45, 2.75) is 32.1 Å². The summed E-state index contributed by atoms with van der Waals surface area (Å²) < 4.78 is 0. The van der Waals surface area contributed by atoms with Gasteiger partial charge in [0.25, 0.3) is 0 Å². The molecule has 3 unspecified atom stereocenters. The summed E-state index contributed by atoms with van der Waals surface area (Å²) in [6.45, 7) is 10.1. The van der Waals surface area contributed by atoms with Crippen molar-refractivity contribution < 1.29 is 4.79 Å². The minimum Gasteiger partial charge on any atom is -0.323 e. The molecule has 0 spiro atoms. The first-order valence-corrected chi connectivity index (χ1v) is 7.30. The van der Waals surface area contributed by atoms with Gasteiger partial charge in [0.15, 0.2) is 0 Å². The molecular formula is C13H27N5O. The van der Waals surface area contributed by atoms with Gasteiger partial charge in [-0.1, -0.05) is 13.8 Å². The molecule has 0 aromatic rings. The Kier molecular flexibility index (Phi) is 4.92. The molecule has 0 saturated carbocycles. The summed E-state index contributed by atoms with van der Waals surface area (Å²) in [5, 5.41) is 4.40. The Balaban J connectivity index is 2.15. The average Bonchev–Trinajstić information content (AvgIpc) is 2.71. The zero-order valence-corrected chi connectivity index (χ0v) is 12.3. The molecule has 0 aromatic heterocycles. The van der Waals surface area contributed by atoms with E-state index in [2.05, 4.69) is 40.7 Å². The van der Waals surface area contributed by atoms with Crippen LogP contribution in [0.4, 0.5) is 0 Å². The number of aldehydes is 1. The minimum absolute atomic E-state index is 0.124. The maximum Gasteiger partial charge on any atom is 0.140 e. The Morgan fingerprint density at radius 2 is 1.68 bits per heavy atom. The topological polar surface area (TPSA) is 56.1 Å². The van der Waals surface area contributed by atoms with Crippen molar-refractivity contribution in [3.8, 4) is 0 Å². The first kappa shape index (κ1) is 14.9. The van der Waals surface area contributed by atoms with Gasteiger partial charge < -0.3 is 15.4 Å². The van der Waals surface area contributed by atoms with Crippen LogP contribution in [-0.4, -0.2) is 90.7 Å². The molecule has 2 aliphatic heterocycles. The molecule has 19 heavy (non-hydrogen) atoms. The van der Waals surface area contributed by atoms with E-state index in [-0.39, 0.29) is 18.2 Å². The molecule has 2 fully saturated rings. The number of hydrogen-bond acceptors (Lipinski definition) is 6. The average molecular weight is 269 g/mol. The van der Waals surface area contributed by atoms with E-state index < -0.39 is 0 Å². The van der Waals surface area contributed by atoms with Crippen LogP contribution < -0.4 is 5.73 Å². The lowest BCUT2D eigenvalue weighted by Crippen LogP contribution is -2.59. The molecule has 2 heterocycles. The minimum atomic E-state index is -0.186. The third-order valence-corrected chi connectivity index (χ3v) is 4.42. The van der Waals surface area contributed by atoms with Crippen molar-refractivity contribution in [1.82, 2.24) is 19.8 Å². The summed E-state index contributed by atoms with van der Waals surface area (Å²) in [6.07, 6.45) is 1.17. The highest BCUT2D eigenvalue weighted by Crippen LogP contribution is 2.26. The van der Waals surface area contributed by atoms with Gasteiger partial charge in [0, 0.05) is 39.3 Å². The summed E-state index contributed by atoms with van der Waals surface area (Å²) in [4.78, 5) is 16.1. The molecule has 2 aliphatic rings. The monoisotopic (exact) mass is 269 g/mol. The molecule has 0 aromatic carbocycles. The Labute approximate surface area is 116 Å². The van der Waals surface area contributed by atoms with Gasteiger partial charge in [-0.25, -0.2) is 10.0 Å². The molecule has 3 atom stereocenters. The number of likely N-dealkylation sites (N-methyl/N-ethyl adjacent to an activating group) is 3. The van der Waals surface area contributed by atoms with Crippen LogP contribution in [0.5, 0.6) is 0 Å². The lowest BCUT2D eigenvalue weighted by Gasteiger charge is -2.42. The molecule has 2 rings (SSSR count). The predicted molar refractivity (Wildman–Crippen MR) is 75.4 cm³/mol. The van der Waals surface area contributed by atoms with E-state index in [1.54, 1.807) is 0 Å². The van der Waals surface area contributed by atoms with Gasteiger partial charge in [-0.3, -0.25) is 4.90 Å². The highest BCUT2D eigenvalue weighted by Gasteiger charge is 2.47. The molecule has 0 amide bonds. The molecule has 6 nitrogen and oxygen atoms in total. The largest absolute Gasteiger partial charge is 0.323 e. The second-order valence-electron chi connectivity index (χ2n) is 5.47. The Bertz CT molecular complexity index is 305. The number of hydrazine groups is 1. The number of piperazine rings is 1. The standard InChI is InChI=1S/C13H27N5O/c1-4-17-11(10-19)12(14)13(18(17)5-2)16-8-6-15(3)7-9-16/h10-13H,4-9,14H2,1-3H3. The summed E-state index contributed by atoms with van der Waals surface area (Å²) in [6, 6.07) is -0.310. The van der Waals surface area contributed by atoms with Crippen LogP contribution in [0.2, 0.25) is 0 Å². The molecule has 0 aliphatic carbocycles. The van der Waals surface area contributed by atoms with Crippen molar-refractivity contribution >= 4 is 6.29 Å². The number of nitrogens with zero attached hydrogens (tertiary/aromatic N) is 4. The Morgan fingerprint density at radius 3 is 2.16 bits per heavy atom. The number of nitrogens with two attached hydrogens (primary N) is 1. The van der Waals surface area contributed by atoms with E-state index in [0.717, 1.165) is 45.6 Å². The van der Waals surface area contributed by atoms with Gasteiger partial charge in [0.1, 0.15) is 6.29 Å². The quantitative estimate of drug-likeness (QED) is 0.663. The van der Waals surface area contributed by atoms with Crippen LogP contribution in [0, 0.1) is 0 Å². The van der Waals surface area contributed by atoms with E-state index in [0.29, 0.717) is 0 Å². The van der Waals surface area contributed by atoms with Gasteiger partial charge in [0.05, 0.1) is 18.2 Å². The van der Waals surface area contributed by atoms with E-state index in [1.807, 2.05) is 0 Å². The highest BCUT2D eigenvalue weighted by atomic mass is 16.1. The Hall–Kier alpha value is -0.530. The molecular weight excluding hydrogens is 242 g/mol. The van der Waals surface area contributed by atoms with Crippen LogP contribution in [0.3, 0.4) is 0 Å². The van der Waals surface area contributed by atoms with Gasteiger partial charge in [0.2, 0.25) is 0 Å². The van der Waals surface area contributed by atoms with E-state index in [9.17, 15) is 4.79 Å². The maximum absolute atomic E-state index is 11.4. The zero-order chi connectivity index (χ0) is 14.0. The summed E-state index contributed by atoms with van der Waals surface area (Å²) in [5.41, 5.74) is 6.36. The summed E-state index contributed by atoms with van der Waals surface area (Å²) in [5.74, 6) is 0. The lowest BCUT2D eigenvalue weighted by atomic mass is 10.1. The Morgan fingerprint density at radius 1 is 1.11 bits per heavy atom. The van der Waals surface area contributed by atoms with Crippen molar-refractivity contribution in [2.75, 3.05) is 46.3 Å². The smallest absolute Gasteiger partial charge is 0.140 e. The molecule has 0 radical (unpaired) electrons. The van der Waals surface area contributed by atoms with Crippen molar-refractivity contribution in [3.05, 3.63) is 0 Å². The lowest BCUT2D eigenvalue weighted by molar-refractivity contribution is -0.118. The van der Waals surface area contributed by atoms with Gasteiger partial charge in [-0.05, 0) is 7.05 Å². The summed E-state index contributed by atoms with van der Waals surface area (Å²) in [7, 11) is 2.15. The number of hydrogen-bond donors (Lipinski definition) is 1. The maximum atomic E-state index is 11.4. The molecule has 110 valence electrons. The third-order valence-electron chi connectivity index (χ3n) is 4.42. The normalized spacial score (nSPS) is 35.9. The zero-order valence-electron chi connectivity index (χ0n) is 12.3. The van der Waals surface area contributed by atoms with E-state index in [4.69, 9.17) is 5.73 Å². The number of rotatable bonds is 4. The van der Waals surface area contributed by atoms with Gasteiger partial charge in [-0.15, -0.1) is 0 Å². The number of carbonyl (C=O) groups excluding carboxylic acids is 1. The van der Waals surface area contributed by atoms with Crippen LogP contribution >= 0.6 is 0 Å². The van der Waals surface area contributed by atoms with E-state index >= 15 is 0 Å². The van der Waals surface area contributed by atoms with Crippen LogP contribution in [-0.2, 0) is 4.79 Å². The second kappa shape index (κ2) is 6.28. The first-order chi connectivity index (χ1) is 9.13. The van der Waals surface area contributed by atoms with Crippen LogP contribution in [0.25, 0.3) is 0 Å². The summed E-state index contributed by atoms with van der Waals surface area (Å²) >= 11 is 0. The molecule has 2 saturated heterocycles. The fraction of sp³-hybridized carbons (Fsp3) is 0.923. The van der Waals surface area contributed by atoms with Gasteiger partial charge >= 0.3 is 0 Å². The van der Waals surface area contributed by atoms with Crippen molar-refractivity contribution in [2.24, 2.45) is 5.73 Å². The molecule has 6 heteroatoms. The highest BCUT2D eigenvalue weighted by molar-refractivity contribution is 5.60. The number of carbonyl (C=O) groups is 1.